The van der Waals surface area contributed by atoms with Crippen molar-refractivity contribution in [1.82, 2.24) is 4.90 Å². The van der Waals surface area contributed by atoms with Gasteiger partial charge in [-0.05, 0) is 48.6 Å². The second-order valence-electron chi connectivity index (χ2n) is 4.85. The van der Waals surface area contributed by atoms with Crippen LogP contribution in [0.25, 0.3) is 0 Å². The maximum Gasteiger partial charge on any atom is 0.255 e. The first-order valence-electron chi connectivity index (χ1n) is 6.40. The predicted molar refractivity (Wildman–Crippen MR) is 86.6 cm³/mol. The molecule has 0 N–H and O–H groups in total. The molecule has 0 fully saturated rings. The summed E-state index contributed by atoms with van der Waals surface area (Å²) in [6.45, 7) is 2.82. The zero-order chi connectivity index (χ0) is 14.3. The molecule has 1 aromatic heterocycles. The summed E-state index contributed by atoms with van der Waals surface area (Å²) in [7, 11) is 0. The van der Waals surface area contributed by atoms with E-state index in [1.165, 1.54) is 10.4 Å². The number of hydrogen-bond donors (Lipinski definition) is 0. The lowest BCUT2D eigenvalue weighted by atomic mass is 10.0. The van der Waals surface area contributed by atoms with Crippen LogP contribution in [0.2, 0.25) is 5.02 Å². The summed E-state index contributed by atoms with van der Waals surface area (Å²) in [5.74, 6) is 0.000602. The van der Waals surface area contributed by atoms with Crippen molar-refractivity contribution in [3.05, 3.63) is 55.1 Å². The molecule has 1 unspecified atom stereocenters. The van der Waals surface area contributed by atoms with Gasteiger partial charge in [-0.3, -0.25) is 4.79 Å². The van der Waals surface area contributed by atoms with Crippen LogP contribution in [0.4, 0.5) is 0 Å². The van der Waals surface area contributed by atoms with Gasteiger partial charge in [0.15, 0.2) is 0 Å². The van der Waals surface area contributed by atoms with Gasteiger partial charge in [0.25, 0.3) is 5.91 Å². The van der Waals surface area contributed by atoms with Crippen LogP contribution in [0.3, 0.4) is 0 Å². The summed E-state index contributed by atoms with van der Waals surface area (Å²) in [6, 6.07) is 7.61. The average molecular weight is 371 g/mol. The van der Waals surface area contributed by atoms with Crippen LogP contribution in [-0.2, 0) is 6.42 Å². The van der Waals surface area contributed by atoms with Crippen molar-refractivity contribution in [2.75, 3.05) is 6.54 Å². The number of rotatable bonds is 1. The van der Waals surface area contributed by atoms with Gasteiger partial charge in [-0.2, -0.15) is 0 Å². The van der Waals surface area contributed by atoms with E-state index in [0.29, 0.717) is 10.6 Å². The van der Waals surface area contributed by atoms with Gasteiger partial charge in [-0.1, -0.05) is 27.5 Å². The van der Waals surface area contributed by atoms with Gasteiger partial charge < -0.3 is 4.90 Å². The minimum absolute atomic E-state index is 0.000602. The molecule has 0 aliphatic carbocycles. The van der Waals surface area contributed by atoms with Gasteiger partial charge in [0.05, 0.1) is 16.6 Å². The van der Waals surface area contributed by atoms with Crippen LogP contribution in [-0.4, -0.2) is 17.4 Å². The fourth-order valence-electron chi connectivity index (χ4n) is 2.60. The lowest BCUT2D eigenvalue weighted by Crippen LogP contribution is -2.38. The summed E-state index contributed by atoms with van der Waals surface area (Å²) in [6.07, 6.45) is 0.925. The third-order valence-electron chi connectivity index (χ3n) is 3.70. The fourth-order valence-corrected chi connectivity index (χ4v) is 4.13. The molecule has 1 aliphatic heterocycles. The average Bonchev–Trinajstić information content (AvgIpc) is 2.90. The van der Waals surface area contributed by atoms with Crippen molar-refractivity contribution in [2.24, 2.45) is 0 Å². The van der Waals surface area contributed by atoms with Crippen molar-refractivity contribution < 1.29 is 4.79 Å². The minimum Gasteiger partial charge on any atom is -0.331 e. The molecule has 0 spiro atoms. The van der Waals surface area contributed by atoms with Crippen LogP contribution >= 0.6 is 38.9 Å². The molecule has 1 amide bonds. The van der Waals surface area contributed by atoms with E-state index in [1.54, 1.807) is 23.5 Å². The Morgan fingerprint density at radius 1 is 1.45 bits per heavy atom. The molecule has 2 aromatic rings. The van der Waals surface area contributed by atoms with Gasteiger partial charge in [0.2, 0.25) is 0 Å². The van der Waals surface area contributed by atoms with Crippen molar-refractivity contribution >= 4 is 44.8 Å². The summed E-state index contributed by atoms with van der Waals surface area (Å²) < 4.78 is 0.867. The van der Waals surface area contributed by atoms with Gasteiger partial charge in [-0.25, -0.2) is 0 Å². The fraction of sp³-hybridized carbons (Fsp3) is 0.267. The van der Waals surface area contributed by atoms with E-state index in [0.717, 1.165) is 17.4 Å². The van der Waals surface area contributed by atoms with Crippen LogP contribution < -0.4 is 0 Å². The smallest absolute Gasteiger partial charge is 0.255 e. The molecule has 0 radical (unpaired) electrons. The summed E-state index contributed by atoms with van der Waals surface area (Å²) >= 11 is 11.3. The topological polar surface area (TPSA) is 20.3 Å². The van der Waals surface area contributed by atoms with E-state index in [9.17, 15) is 4.79 Å². The van der Waals surface area contributed by atoms with Gasteiger partial charge in [-0.15, -0.1) is 11.3 Å². The molecule has 5 heteroatoms. The van der Waals surface area contributed by atoms with Crippen LogP contribution in [0, 0.1) is 0 Å². The Hall–Kier alpha value is -0.840. The molecular formula is C15H13BrClNOS. The predicted octanol–water partition coefficient (Wildman–Crippen LogP) is 4.92. The van der Waals surface area contributed by atoms with E-state index in [-0.39, 0.29) is 11.9 Å². The number of carbonyl (C=O) groups excluding carboxylic acids is 1. The number of halogens is 2. The summed E-state index contributed by atoms with van der Waals surface area (Å²) in [5, 5.41) is 2.60. The Morgan fingerprint density at radius 2 is 2.25 bits per heavy atom. The van der Waals surface area contributed by atoms with Gasteiger partial charge in [0, 0.05) is 15.9 Å². The van der Waals surface area contributed by atoms with E-state index >= 15 is 0 Å². The Balaban J connectivity index is 1.94. The third-order valence-corrected chi connectivity index (χ3v) is 5.52. The third kappa shape index (κ3) is 2.41. The molecule has 0 saturated carbocycles. The Bertz CT molecular complexity index is 670. The number of amides is 1. The van der Waals surface area contributed by atoms with Gasteiger partial charge >= 0.3 is 0 Å². The molecule has 2 nitrogen and oxygen atoms in total. The lowest BCUT2D eigenvalue weighted by molar-refractivity contribution is 0.0679. The highest BCUT2D eigenvalue weighted by atomic mass is 79.9. The second-order valence-corrected chi connectivity index (χ2v) is 7.17. The quantitative estimate of drug-likeness (QED) is 0.697. The first-order valence-corrected chi connectivity index (χ1v) is 8.45. The first-order chi connectivity index (χ1) is 9.58. The minimum atomic E-state index is 0.000602. The zero-order valence-electron chi connectivity index (χ0n) is 10.9. The molecular weight excluding hydrogens is 358 g/mol. The number of thiophene rings is 1. The maximum atomic E-state index is 12.7. The highest BCUT2D eigenvalue weighted by molar-refractivity contribution is 9.10. The Labute approximate surface area is 135 Å². The van der Waals surface area contributed by atoms with Crippen LogP contribution in [0.15, 0.2) is 34.1 Å². The normalized spacial score (nSPS) is 17.9. The molecule has 20 heavy (non-hydrogen) atoms. The second kappa shape index (κ2) is 5.51. The number of benzene rings is 1. The summed E-state index contributed by atoms with van der Waals surface area (Å²) in [5.41, 5.74) is 1.83. The number of fused-ring (bicyclic) bond motifs is 1. The number of hydrogen-bond acceptors (Lipinski definition) is 2. The lowest BCUT2D eigenvalue weighted by Gasteiger charge is -2.34. The number of nitrogens with zero attached hydrogens (tertiary/aromatic N) is 1. The van der Waals surface area contributed by atoms with Crippen molar-refractivity contribution in [1.29, 1.82) is 0 Å². The van der Waals surface area contributed by atoms with E-state index in [1.807, 2.05) is 11.0 Å². The standard InChI is InChI=1S/C15H13BrClNOS/c1-9-11-5-7-20-14(11)4-6-18(9)15(19)12-8-10(16)2-3-13(12)17/h2-3,5,7-9H,4,6H2,1H3. The monoisotopic (exact) mass is 369 g/mol. The number of carbonyl (C=O) groups is 1. The molecule has 1 aromatic carbocycles. The van der Waals surface area contributed by atoms with Crippen molar-refractivity contribution in [2.45, 2.75) is 19.4 Å². The van der Waals surface area contributed by atoms with Crippen LogP contribution in [0.1, 0.15) is 33.8 Å². The molecule has 1 atom stereocenters. The van der Waals surface area contributed by atoms with Crippen molar-refractivity contribution in [3.8, 4) is 0 Å². The zero-order valence-corrected chi connectivity index (χ0v) is 14.1. The largest absolute Gasteiger partial charge is 0.331 e. The van der Waals surface area contributed by atoms with Crippen molar-refractivity contribution in [3.63, 3.8) is 0 Å². The van der Waals surface area contributed by atoms with E-state index < -0.39 is 0 Å². The molecule has 0 saturated heterocycles. The highest BCUT2D eigenvalue weighted by Gasteiger charge is 2.29. The van der Waals surface area contributed by atoms with E-state index in [2.05, 4.69) is 34.3 Å². The Kier molecular flexibility index (Phi) is 3.89. The SMILES string of the molecule is CC1c2ccsc2CCN1C(=O)c1cc(Br)ccc1Cl. The van der Waals surface area contributed by atoms with Crippen LogP contribution in [0.5, 0.6) is 0 Å². The molecule has 0 bridgehead atoms. The summed E-state index contributed by atoms with van der Waals surface area (Å²) in [4.78, 5) is 16.0. The Morgan fingerprint density at radius 3 is 3.05 bits per heavy atom. The first kappa shape index (κ1) is 14.1. The molecule has 1 aliphatic rings. The maximum absolute atomic E-state index is 12.7. The highest BCUT2D eigenvalue weighted by Crippen LogP contribution is 2.34. The van der Waals surface area contributed by atoms with Gasteiger partial charge in [0.1, 0.15) is 0 Å². The molecule has 3 rings (SSSR count). The van der Waals surface area contributed by atoms with E-state index in [4.69, 9.17) is 11.6 Å². The molecule has 2 heterocycles. The molecule has 104 valence electrons.